The molecule has 1 nitrogen and oxygen atoms in total. The normalized spacial score (nSPS) is 8.77. The molecule has 1 aromatic carbocycles. The van der Waals surface area contributed by atoms with Crippen LogP contribution in [-0.2, 0) is 12.6 Å². The van der Waals surface area contributed by atoms with Crippen LogP contribution in [0.25, 0.3) is 0 Å². The summed E-state index contributed by atoms with van der Waals surface area (Å²) in [5, 5.41) is 0. The molecule has 0 bridgehead atoms. The standard InChI is InChI=1S/C9H11NS2.Na/c1-7-3-5-8(6-4-7)10(2)9(11)12;/h3-6H,1-2H3,(H,11,12);/q;+1/p-1. The monoisotopic (exact) mass is 219 g/mol. The molecule has 0 amide bonds. The summed E-state index contributed by atoms with van der Waals surface area (Å²) in [7, 11) is 1.88. The van der Waals surface area contributed by atoms with Gasteiger partial charge in [-0.3, -0.25) is 0 Å². The molecule has 0 aliphatic carbocycles. The van der Waals surface area contributed by atoms with E-state index in [2.05, 4.69) is 6.92 Å². The number of hydrogen-bond acceptors (Lipinski definition) is 2. The van der Waals surface area contributed by atoms with Crippen molar-refractivity contribution < 1.29 is 29.6 Å². The smallest absolute Gasteiger partial charge is 0.411 e. The Morgan fingerprint density at radius 3 is 2.15 bits per heavy atom. The summed E-state index contributed by atoms with van der Waals surface area (Å²) in [6, 6.07) is 8.10. The molecule has 0 aliphatic heterocycles. The van der Waals surface area contributed by atoms with Gasteiger partial charge in [0.15, 0.2) is 0 Å². The number of rotatable bonds is 1. The summed E-state index contributed by atoms with van der Waals surface area (Å²) >= 11 is 9.75. The maximum Gasteiger partial charge on any atom is 1.00 e. The van der Waals surface area contributed by atoms with Crippen LogP contribution < -0.4 is 34.5 Å². The Bertz CT molecular complexity index is 284. The molecule has 0 radical (unpaired) electrons. The maximum atomic E-state index is 4.87. The van der Waals surface area contributed by atoms with Gasteiger partial charge in [-0.05, 0) is 19.1 Å². The zero-order valence-corrected chi connectivity index (χ0v) is 11.7. The first-order valence-electron chi connectivity index (χ1n) is 3.62. The van der Waals surface area contributed by atoms with Crippen molar-refractivity contribution in [3.8, 4) is 0 Å². The Morgan fingerprint density at radius 2 is 1.77 bits per heavy atom. The topological polar surface area (TPSA) is 3.24 Å². The van der Waals surface area contributed by atoms with Crippen LogP contribution in [0.15, 0.2) is 24.3 Å². The van der Waals surface area contributed by atoms with Crippen molar-refractivity contribution in [3.63, 3.8) is 0 Å². The summed E-state index contributed by atoms with van der Waals surface area (Å²) in [6.45, 7) is 2.05. The predicted octanol–water partition coefficient (Wildman–Crippen LogP) is -0.733. The van der Waals surface area contributed by atoms with Crippen LogP contribution >= 0.6 is 12.2 Å². The van der Waals surface area contributed by atoms with Gasteiger partial charge in [-0.2, -0.15) is 0 Å². The average molecular weight is 219 g/mol. The molecule has 0 aromatic heterocycles. The quantitative estimate of drug-likeness (QED) is 0.348. The van der Waals surface area contributed by atoms with E-state index in [0.29, 0.717) is 4.32 Å². The molecule has 1 rings (SSSR count). The Labute approximate surface area is 112 Å². The third-order valence-corrected chi connectivity index (χ3v) is 2.24. The zero-order chi connectivity index (χ0) is 9.14. The van der Waals surface area contributed by atoms with E-state index in [4.69, 9.17) is 24.8 Å². The molecule has 0 unspecified atom stereocenters. The van der Waals surface area contributed by atoms with Gasteiger partial charge in [0.2, 0.25) is 0 Å². The van der Waals surface area contributed by atoms with Gasteiger partial charge in [-0.15, -0.1) is 0 Å². The molecule has 64 valence electrons. The van der Waals surface area contributed by atoms with E-state index in [-0.39, 0.29) is 29.6 Å². The van der Waals surface area contributed by atoms with Crippen LogP contribution in [0.3, 0.4) is 0 Å². The second kappa shape index (κ2) is 5.94. The van der Waals surface area contributed by atoms with Crippen LogP contribution in [0.2, 0.25) is 0 Å². The number of anilines is 1. The van der Waals surface area contributed by atoms with E-state index >= 15 is 0 Å². The van der Waals surface area contributed by atoms with Crippen molar-refractivity contribution in [3.05, 3.63) is 29.8 Å². The van der Waals surface area contributed by atoms with Crippen molar-refractivity contribution in [2.75, 3.05) is 11.9 Å². The first-order chi connectivity index (χ1) is 5.61. The van der Waals surface area contributed by atoms with Crippen LogP contribution in [-0.4, -0.2) is 11.4 Å². The fourth-order valence-electron chi connectivity index (χ4n) is 0.874. The molecule has 0 aliphatic rings. The van der Waals surface area contributed by atoms with Crippen LogP contribution in [0.4, 0.5) is 5.69 Å². The third kappa shape index (κ3) is 3.92. The molecular weight excluding hydrogens is 209 g/mol. The van der Waals surface area contributed by atoms with Gasteiger partial charge in [-0.1, -0.05) is 22.0 Å². The Balaban J connectivity index is 0.00000144. The largest absolute Gasteiger partial charge is 1.00 e. The third-order valence-electron chi connectivity index (χ3n) is 1.70. The van der Waals surface area contributed by atoms with Crippen LogP contribution in [0.5, 0.6) is 0 Å². The molecule has 0 heterocycles. The predicted molar refractivity (Wildman–Crippen MR) is 59.5 cm³/mol. The summed E-state index contributed by atoms with van der Waals surface area (Å²) < 4.78 is 0.471. The van der Waals surface area contributed by atoms with Gasteiger partial charge in [0, 0.05) is 12.7 Å². The Morgan fingerprint density at radius 1 is 1.31 bits per heavy atom. The molecular formula is C9H10NNaS2. The number of benzene rings is 1. The first kappa shape index (κ1) is 13.3. The molecule has 13 heavy (non-hydrogen) atoms. The van der Waals surface area contributed by atoms with Crippen LogP contribution in [0.1, 0.15) is 5.56 Å². The minimum atomic E-state index is 0. The van der Waals surface area contributed by atoms with Crippen molar-refractivity contribution in [2.24, 2.45) is 0 Å². The fourth-order valence-corrected chi connectivity index (χ4v) is 1.08. The summed E-state index contributed by atoms with van der Waals surface area (Å²) in [6.07, 6.45) is 0. The Hall–Kier alpha value is 0.330. The Kier molecular flexibility index (Phi) is 6.09. The van der Waals surface area contributed by atoms with Gasteiger partial charge < -0.3 is 29.7 Å². The molecule has 0 spiro atoms. The van der Waals surface area contributed by atoms with E-state index in [9.17, 15) is 0 Å². The van der Waals surface area contributed by atoms with Gasteiger partial charge in [0.25, 0.3) is 0 Å². The number of hydrogen-bond donors (Lipinski definition) is 0. The van der Waals surface area contributed by atoms with Crippen molar-refractivity contribution in [1.29, 1.82) is 0 Å². The second-order valence-electron chi connectivity index (χ2n) is 2.66. The van der Waals surface area contributed by atoms with E-state index in [1.54, 1.807) is 0 Å². The molecule has 0 fully saturated rings. The number of nitrogens with zero attached hydrogens (tertiary/aromatic N) is 1. The van der Waals surface area contributed by atoms with E-state index in [1.807, 2.05) is 36.2 Å². The summed E-state index contributed by atoms with van der Waals surface area (Å²) in [5.41, 5.74) is 2.28. The van der Waals surface area contributed by atoms with Crippen molar-refractivity contribution in [1.82, 2.24) is 0 Å². The first-order valence-corrected chi connectivity index (χ1v) is 4.44. The number of aryl methyl sites for hydroxylation is 1. The van der Waals surface area contributed by atoms with E-state index in [1.165, 1.54) is 5.56 Å². The molecule has 0 atom stereocenters. The van der Waals surface area contributed by atoms with Crippen molar-refractivity contribution in [2.45, 2.75) is 6.92 Å². The molecule has 4 heteroatoms. The second-order valence-corrected chi connectivity index (χ2v) is 3.69. The van der Waals surface area contributed by atoms with Gasteiger partial charge in [-0.25, -0.2) is 0 Å². The van der Waals surface area contributed by atoms with Crippen LogP contribution in [0, 0.1) is 6.92 Å². The SMILES string of the molecule is Cc1ccc(N(C)C(=S)[S-])cc1.[Na+]. The van der Waals surface area contributed by atoms with Gasteiger partial charge in [0.1, 0.15) is 0 Å². The van der Waals surface area contributed by atoms with E-state index in [0.717, 1.165) is 5.69 Å². The molecule has 1 aromatic rings. The van der Waals surface area contributed by atoms with Gasteiger partial charge in [0.05, 0.1) is 0 Å². The minimum absolute atomic E-state index is 0. The average Bonchev–Trinajstić information content (AvgIpc) is 2.04. The summed E-state index contributed by atoms with van der Waals surface area (Å²) in [5.74, 6) is 0. The number of thiocarbonyl (C=S) groups is 1. The van der Waals surface area contributed by atoms with E-state index < -0.39 is 0 Å². The molecule has 0 saturated heterocycles. The van der Waals surface area contributed by atoms with Gasteiger partial charge >= 0.3 is 29.6 Å². The molecule has 0 saturated carbocycles. The zero-order valence-electron chi connectivity index (χ0n) is 8.07. The molecule has 0 N–H and O–H groups in total. The maximum absolute atomic E-state index is 4.87. The van der Waals surface area contributed by atoms with Crippen molar-refractivity contribution >= 4 is 34.9 Å². The fraction of sp³-hybridized carbons (Fsp3) is 0.222. The summed E-state index contributed by atoms with van der Waals surface area (Å²) in [4.78, 5) is 1.81. The minimum Gasteiger partial charge on any atom is -0.411 e.